The molecule has 2 aromatic carbocycles. The lowest BCUT2D eigenvalue weighted by Gasteiger charge is -2.09. The molecule has 0 aliphatic heterocycles. The molecule has 4 rings (SSSR count). The number of phenols is 1. The lowest BCUT2D eigenvalue weighted by Crippen LogP contribution is -1.98. The van der Waals surface area contributed by atoms with Gasteiger partial charge in [0, 0.05) is 40.6 Å². The molecule has 4 aromatic rings. The highest BCUT2D eigenvalue weighted by molar-refractivity contribution is 5.82. The number of benzene rings is 2. The lowest BCUT2D eigenvalue weighted by atomic mass is 10.2. The molecule has 26 heavy (non-hydrogen) atoms. The first-order valence-electron chi connectivity index (χ1n) is 7.93. The second-order valence-corrected chi connectivity index (χ2v) is 5.79. The van der Waals surface area contributed by atoms with Gasteiger partial charge in [0.15, 0.2) is 11.6 Å². The first-order chi connectivity index (χ1) is 12.6. The molecule has 3 N–H and O–H groups in total. The summed E-state index contributed by atoms with van der Waals surface area (Å²) >= 11 is 0. The molecule has 0 atom stereocenters. The van der Waals surface area contributed by atoms with E-state index in [9.17, 15) is 9.50 Å². The Morgan fingerprint density at radius 2 is 2.04 bits per heavy atom. The molecule has 0 fully saturated rings. The first kappa shape index (κ1) is 15.9. The number of halogens is 1. The van der Waals surface area contributed by atoms with Crippen LogP contribution in [-0.2, 0) is 0 Å². The van der Waals surface area contributed by atoms with E-state index in [2.05, 4.69) is 20.3 Å². The van der Waals surface area contributed by atoms with Crippen molar-refractivity contribution in [2.24, 2.45) is 0 Å². The number of aromatic nitrogens is 3. The van der Waals surface area contributed by atoms with E-state index in [1.807, 2.05) is 6.92 Å². The molecule has 0 saturated heterocycles. The fraction of sp³-hybridized carbons (Fsp3) is 0.0526. The highest BCUT2D eigenvalue weighted by atomic mass is 19.1. The molecule has 0 radical (unpaired) electrons. The second-order valence-electron chi connectivity index (χ2n) is 5.79. The van der Waals surface area contributed by atoms with Crippen LogP contribution in [0.1, 0.15) is 5.69 Å². The number of nitrogens with one attached hydrogen (secondary N) is 2. The van der Waals surface area contributed by atoms with Gasteiger partial charge in [0.2, 0.25) is 11.8 Å². The summed E-state index contributed by atoms with van der Waals surface area (Å²) in [5, 5.41) is 12.9. The number of rotatable bonds is 4. The number of aromatic amines is 1. The monoisotopic (exact) mass is 350 g/mol. The molecule has 0 aliphatic carbocycles. The Bertz CT molecular complexity index is 1090. The zero-order chi connectivity index (χ0) is 18.1. The second kappa shape index (κ2) is 6.36. The molecule has 130 valence electrons. The third kappa shape index (κ3) is 3.14. The minimum Gasteiger partial charge on any atom is -0.508 e. The Hall–Kier alpha value is -3.61. The van der Waals surface area contributed by atoms with Crippen molar-refractivity contribution in [3.05, 3.63) is 66.2 Å². The third-order valence-corrected chi connectivity index (χ3v) is 3.78. The maximum atomic E-state index is 14.6. The van der Waals surface area contributed by atoms with Crippen LogP contribution in [0.5, 0.6) is 17.4 Å². The number of aryl methyl sites for hydroxylation is 1. The van der Waals surface area contributed by atoms with Crippen LogP contribution in [0.2, 0.25) is 0 Å². The zero-order valence-corrected chi connectivity index (χ0v) is 13.8. The fourth-order valence-electron chi connectivity index (χ4n) is 2.65. The largest absolute Gasteiger partial charge is 0.508 e. The zero-order valence-electron chi connectivity index (χ0n) is 13.8. The van der Waals surface area contributed by atoms with E-state index >= 15 is 0 Å². The van der Waals surface area contributed by atoms with Crippen LogP contribution in [0.15, 0.2) is 54.7 Å². The number of aromatic hydroxyl groups is 1. The van der Waals surface area contributed by atoms with Crippen molar-refractivity contribution in [1.82, 2.24) is 15.0 Å². The Kier molecular flexibility index (Phi) is 3.89. The summed E-state index contributed by atoms with van der Waals surface area (Å²) in [6.45, 7) is 1.86. The Labute approximate surface area is 148 Å². The van der Waals surface area contributed by atoms with Crippen molar-refractivity contribution in [2.45, 2.75) is 6.92 Å². The van der Waals surface area contributed by atoms with Crippen LogP contribution < -0.4 is 10.1 Å². The summed E-state index contributed by atoms with van der Waals surface area (Å²) in [6, 6.07) is 13.1. The summed E-state index contributed by atoms with van der Waals surface area (Å²) < 4.78 is 20.2. The maximum absolute atomic E-state index is 14.6. The van der Waals surface area contributed by atoms with Gasteiger partial charge in [0.1, 0.15) is 5.75 Å². The number of H-pyrrole nitrogens is 1. The number of phenolic OH excluding ortho intramolecular Hbond substituents is 1. The molecule has 0 bridgehead atoms. The molecule has 0 aliphatic rings. The lowest BCUT2D eigenvalue weighted by molar-refractivity contribution is 0.430. The topological polar surface area (TPSA) is 83.1 Å². The van der Waals surface area contributed by atoms with Crippen molar-refractivity contribution >= 4 is 22.5 Å². The average Bonchev–Trinajstić information content (AvgIpc) is 2.99. The predicted molar refractivity (Wildman–Crippen MR) is 96.5 cm³/mol. The summed E-state index contributed by atoms with van der Waals surface area (Å²) in [7, 11) is 0. The average molecular weight is 350 g/mol. The molecule has 0 unspecified atom stereocenters. The molecule has 6 nitrogen and oxygen atoms in total. The summed E-state index contributed by atoms with van der Waals surface area (Å²) in [4.78, 5) is 11.4. The van der Waals surface area contributed by atoms with Gasteiger partial charge in [-0.25, -0.2) is 9.37 Å². The molecule has 2 heterocycles. The number of hydrogen-bond acceptors (Lipinski definition) is 5. The summed E-state index contributed by atoms with van der Waals surface area (Å²) in [6.07, 6.45) is 1.50. The summed E-state index contributed by atoms with van der Waals surface area (Å²) in [5.41, 5.74) is 2.20. The minimum absolute atomic E-state index is 0.0819. The van der Waals surface area contributed by atoms with Gasteiger partial charge in [-0.3, -0.25) is 0 Å². The van der Waals surface area contributed by atoms with E-state index < -0.39 is 5.82 Å². The maximum Gasteiger partial charge on any atom is 0.230 e. The van der Waals surface area contributed by atoms with Crippen LogP contribution in [0.4, 0.5) is 16.0 Å². The van der Waals surface area contributed by atoms with Crippen molar-refractivity contribution in [1.29, 1.82) is 0 Å². The van der Waals surface area contributed by atoms with E-state index in [0.29, 0.717) is 16.6 Å². The van der Waals surface area contributed by atoms with Crippen LogP contribution in [0.3, 0.4) is 0 Å². The predicted octanol–water partition coefficient (Wildman–Crippen LogP) is 4.65. The van der Waals surface area contributed by atoms with Gasteiger partial charge in [-0.1, -0.05) is 6.07 Å². The highest BCUT2D eigenvalue weighted by Crippen LogP contribution is 2.30. The SMILES string of the molecule is Cc1cc2c(F)c(Oc3ccnc(Nc4cccc(O)c4)n3)ccc2[nH]1. The van der Waals surface area contributed by atoms with Gasteiger partial charge in [-0.2, -0.15) is 4.98 Å². The van der Waals surface area contributed by atoms with Crippen LogP contribution in [0.25, 0.3) is 10.9 Å². The highest BCUT2D eigenvalue weighted by Gasteiger charge is 2.12. The molecule has 0 saturated carbocycles. The van der Waals surface area contributed by atoms with Gasteiger partial charge < -0.3 is 20.1 Å². The van der Waals surface area contributed by atoms with Gasteiger partial charge in [-0.15, -0.1) is 0 Å². The van der Waals surface area contributed by atoms with Crippen molar-refractivity contribution in [3.63, 3.8) is 0 Å². The standard InChI is InChI=1S/C19H15FN4O2/c1-11-9-14-15(22-11)5-6-16(18(14)20)26-17-7-8-21-19(24-17)23-12-3-2-4-13(25)10-12/h2-10,22,25H,1H3,(H,21,23,24). The van der Waals surface area contributed by atoms with Gasteiger partial charge in [0.05, 0.1) is 0 Å². The van der Waals surface area contributed by atoms with Gasteiger partial charge >= 0.3 is 0 Å². The van der Waals surface area contributed by atoms with E-state index in [-0.39, 0.29) is 23.3 Å². The summed E-state index contributed by atoms with van der Waals surface area (Å²) in [5.74, 6) is 0.228. The van der Waals surface area contributed by atoms with E-state index in [4.69, 9.17) is 4.74 Å². The normalized spacial score (nSPS) is 10.8. The number of nitrogens with zero attached hydrogens (tertiary/aromatic N) is 2. The molecular formula is C19H15FN4O2. The van der Waals surface area contributed by atoms with Crippen molar-refractivity contribution < 1.29 is 14.2 Å². The van der Waals surface area contributed by atoms with Gasteiger partial charge in [-0.05, 0) is 37.3 Å². The Morgan fingerprint density at radius 1 is 1.15 bits per heavy atom. The molecule has 7 heteroatoms. The van der Waals surface area contributed by atoms with E-state index in [1.54, 1.807) is 48.5 Å². The van der Waals surface area contributed by atoms with Crippen molar-refractivity contribution in [3.8, 4) is 17.4 Å². The number of anilines is 2. The molecular weight excluding hydrogens is 335 g/mol. The number of hydrogen-bond donors (Lipinski definition) is 3. The van der Waals surface area contributed by atoms with Crippen LogP contribution in [0, 0.1) is 12.7 Å². The number of fused-ring (bicyclic) bond motifs is 1. The molecule has 2 aromatic heterocycles. The first-order valence-corrected chi connectivity index (χ1v) is 7.93. The van der Waals surface area contributed by atoms with E-state index in [1.165, 1.54) is 6.20 Å². The van der Waals surface area contributed by atoms with Crippen molar-refractivity contribution in [2.75, 3.05) is 5.32 Å². The molecule has 0 amide bonds. The quantitative estimate of drug-likeness (QED) is 0.499. The van der Waals surface area contributed by atoms with E-state index in [0.717, 1.165) is 5.69 Å². The third-order valence-electron chi connectivity index (χ3n) is 3.78. The van der Waals surface area contributed by atoms with Crippen LogP contribution >= 0.6 is 0 Å². The Morgan fingerprint density at radius 3 is 2.88 bits per heavy atom. The Balaban J connectivity index is 1.60. The van der Waals surface area contributed by atoms with Crippen LogP contribution in [-0.4, -0.2) is 20.1 Å². The molecule has 0 spiro atoms. The fourth-order valence-corrected chi connectivity index (χ4v) is 2.65. The smallest absolute Gasteiger partial charge is 0.230 e. The minimum atomic E-state index is -0.451. The van der Waals surface area contributed by atoms with Gasteiger partial charge in [0.25, 0.3) is 0 Å². The number of ether oxygens (including phenoxy) is 1.